The van der Waals surface area contributed by atoms with Crippen LogP contribution in [-0.4, -0.2) is 16.9 Å². The molecule has 2 aromatic heterocycles. The molecule has 20 heavy (non-hydrogen) atoms. The van der Waals surface area contributed by atoms with Crippen molar-refractivity contribution in [2.75, 3.05) is 7.11 Å². The molecule has 2 aromatic rings. The average molecular weight is 278 g/mol. The molecular formula is C14H22N4O2. The third-order valence-electron chi connectivity index (χ3n) is 3.36. The van der Waals surface area contributed by atoms with Gasteiger partial charge in [0.25, 0.3) is 0 Å². The van der Waals surface area contributed by atoms with E-state index in [2.05, 4.69) is 24.4 Å². The van der Waals surface area contributed by atoms with Gasteiger partial charge in [-0.3, -0.25) is 10.5 Å². The molecule has 0 aliphatic rings. The Morgan fingerprint density at radius 1 is 1.50 bits per heavy atom. The van der Waals surface area contributed by atoms with Crippen LogP contribution in [-0.2, 0) is 6.42 Å². The summed E-state index contributed by atoms with van der Waals surface area (Å²) in [6.45, 7) is 6.19. The molecule has 0 amide bonds. The first-order valence-corrected chi connectivity index (χ1v) is 6.77. The van der Waals surface area contributed by atoms with Crippen LogP contribution in [0.25, 0.3) is 0 Å². The van der Waals surface area contributed by atoms with E-state index in [-0.39, 0.29) is 12.1 Å². The van der Waals surface area contributed by atoms with Crippen molar-refractivity contribution in [3.63, 3.8) is 0 Å². The average Bonchev–Trinajstić information content (AvgIpc) is 3.06. The highest BCUT2D eigenvalue weighted by atomic mass is 16.5. The van der Waals surface area contributed by atoms with Crippen molar-refractivity contribution in [1.82, 2.24) is 15.2 Å². The van der Waals surface area contributed by atoms with Gasteiger partial charge in [0.05, 0.1) is 25.6 Å². The van der Waals surface area contributed by atoms with Gasteiger partial charge in [-0.25, -0.2) is 5.43 Å². The van der Waals surface area contributed by atoms with Crippen molar-refractivity contribution in [2.45, 2.75) is 39.3 Å². The maximum Gasteiger partial charge on any atom is 0.161 e. The van der Waals surface area contributed by atoms with Gasteiger partial charge in [0.2, 0.25) is 0 Å². The van der Waals surface area contributed by atoms with Crippen LogP contribution in [0.15, 0.2) is 22.9 Å². The number of aryl methyl sites for hydroxylation is 1. The van der Waals surface area contributed by atoms with Crippen molar-refractivity contribution < 1.29 is 9.15 Å². The van der Waals surface area contributed by atoms with E-state index in [0.717, 1.165) is 23.4 Å². The molecule has 6 nitrogen and oxygen atoms in total. The van der Waals surface area contributed by atoms with Gasteiger partial charge in [-0.1, -0.05) is 6.92 Å². The number of aromatic nitrogens is 2. The Bertz CT molecular complexity index is 559. The van der Waals surface area contributed by atoms with Crippen molar-refractivity contribution in [1.29, 1.82) is 0 Å². The second-order valence-corrected chi connectivity index (χ2v) is 4.89. The molecule has 1 atom stereocenters. The zero-order valence-electron chi connectivity index (χ0n) is 12.4. The monoisotopic (exact) mass is 278 g/mol. The lowest BCUT2D eigenvalue weighted by atomic mass is 10.0. The molecule has 0 aromatic carbocycles. The van der Waals surface area contributed by atoms with Gasteiger partial charge in [0.1, 0.15) is 11.5 Å². The molecule has 2 heterocycles. The molecule has 0 aliphatic carbocycles. The molecule has 0 radical (unpaired) electrons. The van der Waals surface area contributed by atoms with Crippen LogP contribution < -0.4 is 16.0 Å². The van der Waals surface area contributed by atoms with E-state index >= 15 is 0 Å². The van der Waals surface area contributed by atoms with Gasteiger partial charge in [-0.2, -0.15) is 5.10 Å². The summed E-state index contributed by atoms with van der Waals surface area (Å²) >= 11 is 0. The fraction of sp³-hybridized carbons (Fsp3) is 0.500. The van der Waals surface area contributed by atoms with Crippen LogP contribution in [0.4, 0.5) is 0 Å². The van der Waals surface area contributed by atoms with Crippen molar-refractivity contribution in [2.24, 2.45) is 5.84 Å². The van der Waals surface area contributed by atoms with Crippen LogP contribution in [0, 0.1) is 0 Å². The van der Waals surface area contributed by atoms with Crippen molar-refractivity contribution in [3.05, 3.63) is 35.5 Å². The molecule has 0 saturated heterocycles. The van der Waals surface area contributed by atoms with E-state index < -0.39 is 0 Å². The summed E-state index contributed by atoms with van der Waals surface area (Å²) < 4.78 is 12.8. The number of methoxy groups -OCH3 is 1. The lowest BCUT2D eigenvalue weighted by Crippen LogP contribution is -2.31. The molecule has 0 aliphatic heterocycles. The number of hydrogen-bond acceptors (Lipinski definition) is 5. The highest BCUT2D eigenvalue weighted by Crippen LogP contribution is 2.33. The quantitative estimate of drug-likeness (QED) is 0.625. The summed E-state index contributed by atoms with van der Waals surface area (Å²) in [4.78, 5) is 0. The van der Waals surface area contributed by atoms with E-state index in [1.165, 1.54) is 0 Å². The zero-order valence-corrected chi connectivity index (χ0v) is 12.4. The van der Waals surface area contributed by atoms with Crippen LogP contribution in [0.5, 0.6) is 5.75 Å². The number of rotatable bonds is 6. The smallest absolute Gasteiger partial charge is 0.161 e. The van der Waals surface area contributed by atoms with Crippen LogP contribution in [0.2, 0.25) is 0 Å². The van der Waals surface area contributed by atoms with Crippen LogP contribution in [0.3, 0.4) is 0 Å². The highest BCUT2D eigenvalue weighted by Gasteiger charge is 2.26. The standard InChI is InChI=1S/C14H22N4O2/c1-5-11-10(6-7-20-11)13(17-15)14-12(19-4)8-16-18(14)9(2)3/h6-9,13,17H,5,15H2,1-4H3. The molecule has 0 spiro atoms. The summed E-state index contributed by atoms with van der Waals surface area (Å²) in [5, 5.41) is 4.39. The Morgan fingerprint density at radius 2 is 2.25 bits per heavy atom. The maximum atomic E-state index is 5.78. The van der Waals surface area contributed by atoms with Gasteiger partial charge in [0.15, 0.2) is 5.75 Å². The number of hydrazine groups is 1. The molecule has 2 rings (SSSR count). The number of furan rings is 1. The van der Waals surface area contributed by atoms with E-state index in [1.807, 2.05) is 17.7 Å². The summed E-state index contributed by atoms with van der Waals surface area (Å²) in [6.07, 6.45) is 4.20. The van der Waals surface area contributed by atoms with Gasteiger partial charge < -0.3 is 9.15 Å². The summed E-state index contributed by atoms with van der Waals surface area (Å²) in [5.41, 5.74) is 4.76. The van der Waals surface area contributed by atoms with Crippen molar-refractivity contribution in [3.8, 4) is 5.75 Å². The predicted molar refractivity (Wildman–Crippen MR) is 76.4 cm³/mol. The Kier molecular flexibility index (Phi) is 4.46. The van der Waals surface area contributed by atoms with E-state index in [9.17, 15) is 0 Å². The molecule has 3 N–H and O–H groups in total. The Morgan fingerprint density at radius 3 is 2.80 bits per heavy atom. The molecule has 6 heteroatoms. The maximum absolute atomic E-state index is 5.78. The molecule has 110 valence electrons. The minimum Gasteiger partial charge on any atom is -0.493 e. The topological polar surface area (TPSA) is 78.2 Å². The van der Waals surface area contributed by atoms with E-state index in [0.29, 0.717) is 5.75 Å². The fourth-order valence-corrected chi connectivity index (χ4v) is 2.41. The first-order chi connectivity index (χ1) is 9.63. The van der Waals surface area contributed by atoms with Crippen molar-refractivity contribution >= 4 is 0 Å². The number of nitrogens with one attached hydrogen (secondary N) is 1. The number of nitrogens with two attached hydrogens (primary N) is 1. The van der Waals surface area contributed by atoms with Gasteiger partial charge in [-0.15, -0.1) is 0 Å². The summed E-state index contributed by atoms with van der Waals surface area (Å²) in [5.74, 6) is 7.40. The van der Waals surface area contributed by atoms with Gasteiger partial charge in [-0.05, 0) is 19.9 Å². The SMILES string of the molecule is CCc1occc1C(NN)c1c(OC)cnn1C(C)C. The largest absolute Gasteiger partial charge is 0.493 e. The Hall–Kier alpha value is -1.79. The summed E-state index contributed by atoms with van der Waals surface area (Å²) in [7, 11) is 1.63. The highest BCUT2D eigenvalue weighted by molar-refractivity contribution is 5.37. The van der Waals surface area contributed by atoms with Crippen LogP contribution >= 0.6 is 0 Å². The molecule has 0 fully saturated rings. The minimum atomic E-state index is -0.219. The number of ether oxygens (including phenoxy) is 1. The Labute approximate surface area is 118 Å². The number of hydrogen-bond donors (Lipinski definition) is 2. The molecule has 0 saturated carbocycles. The second-order valence-electron chi connectivity index (χ2n) is 4.89. The summed E-state index contributed by atoms with van der Waals surface area (Å²) in [6, 6.07) is 1.92. The van der Waals surface area contributed by atoms with E-state index in [4.69, 9.17) is 15.0 Å². The molecular weight excluding hydrogens is 256 g/mol. The lowest BCUT2D eigenvalue weighted by molar-refractivity contribution is 0.392. The van der Waals surface area contributed by atoms with Gasteiger partial charge in [0, 0.05) is 18.0 Å². The third kappa shape index (κ3) is 2.44. The third-order valence-corrected chi connectivity index (χ3v) is 3.36. The van der Waals surface area contributed by atoms with E-state index in [1.54, 1.807) is 19.6 Å². The predicted octanol–water partition coefficient (Wildman–Crippen LogP) is 2.18. The minimum absolute atomic E-state index is 0.210. The first kappa shape index (κ1) is 14.6. The fourth-order valence-electron chi connectivity index (χ4n) is 2.41. The Balaban J connectivity index is 2.54. The second kappa shape index (κ2) is 6.11. The first-order valence-electron chi connectivity index (χ1n) is 6.77. The normalized spacial score (nSPS) is 12.9. The number of nitrogens with zero attached hydrogens (tertiary/aromatic N) is 2. The van der Waals surface area contributed by atoms with Gasteiger partial charge >= 0.3 is 0 Å². The lowest BCUT2D eigenvalue weighted by Gasteiger charge is -2.20. The molecule has 0 bridgehead atoms. The zero-order chi connectivity index (χ0) is 14.7. The van der Waals surface area contributed by atoms with Crippen LogP contribution in [0.1, 0.15) is 49.9 Å². The molecule has 1 unspecified atom stereocenters.